The number of amides is 2. The molecule has 1 fully saturated rings. The van der Waals surface area contributed by atoms with Gasteiger partial charge in [0.2, 0.25) is 5.91 Å². The summed E-state index contributed by atoms with van der Waals surface area (Å²) in [6.07, 6.45) is 0. The molecule has 0 radical (unpaired) electrons. The van der Waals surface area contributed by atoms with Crippen molar-refractivity contribution in [2.75, 3.05) is 43.4 Å². The molecule has 1 heterocycles. The molecule has 2 amide bonds. The standard InChI is InChI=1S/C21H26N4O2/c1-16(23-18-8-6-7-17(15-18)20(26)22-2)21(27)25-13-11-24(12-14-25)19-9-4-3-5-10-19/h3-10,15-16,23H,11-14H2,1-2H3,(H,22,26). The fraction of sp³-hybridized carbons (Fsp3) is 0.333. The number of nitrogens with one attached hydrogen (secondary N) is 2. The summed E-state index contributed by atoms with van der Waals surface area (Å²) in [5, 5.41) is 5.82. The van der Waals surface area contributed by atoms with Crippen LogP contribution in [0.5, 0.6) is 0 Å². The van der Waals surface area contributed by atoms with Crippen molar-refractivity contribution in [2.45, 2.75) is 13.0 Å². The fourth-order valence-electron chi connectivity index (χ4n) is 3.30. The minimum absolute atomic E-state index is 0.0769. The monoisotopic (exact) mass is 366 g/mol. The minimum atomic E-state index is -0.354. The van der Waals surface area contributed by atoms with Crippen molar-refractivity contribution < 1.29 is 9.59 Å². The van der Waals surface area contributed by atoms with E-state index >= 15 is 0 Å². The van der Waals surface area contributed by atoms with E-state index in [0.29, 0.717) is 18.7 Å². The summed E-state index contributed by atoms with van der Waals surface area (Å²) in [7, 11) is 1.60. The molecule has 1 aliphatic rings. The van der Waals surface area contributed by atoms with E-state index in [1.54, 1.807) is 19.2 Å². The Labute approximate surface area is 160 Å². The van der Waals surface area contributed by atoms with Crippen molar-refractivity contribution >= 4 is 23.2 Å². The van der Waals surface area contributed by atoms with E-state index in [9.17, 15) is 9.59 Å². The lowest BCUT2D eigenvalue weighted by molar-refractivity contribution is -0.131. The molecule has 2 aromatic carbocycles. The Hall–Kier alpha value is -3.02. The molecule has 0 aliphatic carbocycles. The van der Waals surface area contributed by atoms with Gasteiger partial charge >= 0.3 is 0 Å². The second kappa shape index (κ2) is 8.58. The molecule has 2 aromatic rings. The number of hydrogen-bond acceptors (Lipinski definition) is 4. The number of rotatable bonds is 5. The second-order valence-corrected chi connectivity index (χ2v) is 6.67. The van der Waals surface area contributed by atoms with E-state index in [2.05, 4.69) is 27.7 Å². The molecule has 6 nitrogen and oxygen atoms in total. The third-order valence-electron chi connectivity index (χ3n) is 4.82. The minimum Gasteiger partial charge on any atom is -0.374 e. The van der Waals surface area contributed by atoms with Gasteiger partial charge in [-0.2, -0.15) is 0 Å². The van der Waals surface area contributed by atoms with Gasteiger partial charge in [0.1, 0.15) is 6.04 Å². The van der Waals surface area contributed by atoms with Crippen LogP contribution in [0.1, 0.15) is 17.3 Å². The maximum Gasteiger partial charge on any atom is 0.251 e. The lowest BCUT2D eigenvalue weighted by atomic mass is 10.1. The molecule has 0 spiro atoms. The highest BCUT2D eigenvalue weighted by atomic mass is 16.2. The van der Waals surface area contributed by atoms with Crippen molar-refractivity contribution in [3.8, 4) is 0 Å². The van der Waals surface area contributed by atoms with Gasteiger partial charge in [0.15, 0.2) is 0 Å². The molecular formula is C21H26N4O2. The Bertz CT molecular complexity index is 786. The number of piperazine rings is 1. The lowest BCUT2D eigenvalue weighted by Crippen LogP contribution is -2.52. The summed E-state index contributed by atoms with van der Waals surface area (Å²) in [5.74, 6) is -0.0669. The van der Waals surface area contributed by atoms with E-state index in [-0.39, 0.29) is 17.9 Å². The van der Waals surface area contributed by atoms with Crippen LogP contribution in [0.3, 0.4) is 0 Å². The Morgan fingerprint density at radius 3 is 2.33 bits per heavy atom. The normalized spacial score (nSPS) is 15.2. The molecule has 27 heavy (non-hydrogen) atoms. The van der Waals surface area contributed by atoms with Gasteiger partial charge in [-0.1, -0.05) is 24.3 Å². The van der Waals surface area contributed by atoms with Crippen molar-refractivity contribution in [1.82, 2.24) is 10.2 Å². The van der Waals surface area contributed by atoms with Crippen molar-refractivity contribution in [1.29, 1.82) is 0 Å². The molecule has 0 saturated carbocycles. The maximum atomic E-state index is 12.8. The summed E-state index contributed by atoms with van der Waals surface area (Å²) in [5.41, 5.74) is 2.53. The van der Waals surface area contributed by atoms with Crippen LogP contribution in [0.2, 0.25) is 0 Å². The molecule has 6 heteroatoms. The Kier molecular flexibility index (Phi) is 5.96. The molecule has 1 atom stereocenters. The van der Waals surface area contributed by atoms with Crippen molar-refractivity contribution in [3.05, 3.63) is 60.2 Å². The third kappa shape index (κ3) is 4.58. The van der Waals surface area contributed by atoms with E-state index in [4.69, 9.17) is 0 Å². The van der Waals surface area contributed by atoms with Crippen LogP contribution in [0.4, 0.5) is 11.4 Å². The predicted molar refractivity (Wildman–Crippen MR) is 108 cm³/mol. The van der Waals surface area contributed by atoms with E-state index in [0.717, 1.165) is 18.8 Å². The predicted octanol–water partition coefficient (Wildman–Crippen LogP) is 2.20. The Morgan fingerprint density at radius 1 is 0.963 bits per heavy atom. The van der Waals surface area contributed by atoms with Crippen LogP contribution in [0, 0.1) is 0 Å². The first-order chi connectivity index (χ1) is 13.1. The summed E-state index contributed by atoms with van der Waals surface area (Å²) >= 11 is 0. The molecule has 3 rings (SSSR count). The van der Waals surface area contributed by atoms with Gasteiger partial charge < -0.3 is 20.4 Å². The van der Waals surface area contributed by atoms with Gasteiger partial charge in [0.05, 0.1) is 0 Å². The molecule has 142 valence electrons. The van der Waals surface area contributed by atoms with Gasteiger partial charge in [-0.15, -0.1) is 0 Å². The SMILES string of the molecule is CNC(=O)c1cccc(NC(C)C(=O)N2CCN(c3ccccc3)CC2)c1. The average Bonchev–Trinajstić information content (AvgIpc) is 2.73. The summed E-state index contributed by atoms with van der Waals surface area (Å²) in [4.78, 5) is 28.8. The number of anilines is 2. The number of carbonyl (C=O) groups excluding carboxylic acids is 2. The largest absolute Gasteiger partial charge is 0.374 e. The van der Waals surface area contributed by atoms with Gasteiger partial charge in [0.25, 0.3) is 5.91 Å². The zero-order valence-electron chi connectivity index (χ0n) is 15.8. The van der Waals surface area contributed by atoms with Crippen molar-refractivity contribution in [3.63, 3.8) is 0 Å². The van der Waals surface area contributed by atoms with E-state index < -0.39 is 0 Å². The van der Waals surface area contributed by atoms with Gasteiger partial charge in [-0.05, 0) is 37.3 Å². The third-order valence-corrected chi connectivity index (χ3v) is 4.82. The highest BCUT2D eigenvalue weighted by Crippen LogP contribution is 2.17. The molecule has 0 bridgehead atoms. The van der Waals surface area contributed by atoms with E-state index in [1.807, 2.05) is 42.2 Å². The van der Waals surface area contributed by atoms with Gasteiger partial charge in [-0.3, -0.25) is 9.59 Å². The molecule has 1 aliphatic heterocycles. The van der Waals surface area contributed by atoms with Crippen LogP contribution >= 0.6 is 0 Å². The summed E-state index contributed by atoms with van der Waals surface area (Å²) < 4.78 is 0. The van der Waals surface area contributed by atoms with Gasteiger partial charge in [0, 0.05) is 50.2 Å². The number of carbonyl (C=O) groups is 2. The Balaban J connectivity index is 1.56. The highest BCUT2D eigenvalue weighted by molar-refractivity contribution is 5.95. The summed E-state index contributed by atoms with van der Waals surface area (Å²) in [6.45, 7) is 4.93. The average molecular weight is 366 g/mol. The van der Waals surface area contributed by atoms with Crippen LogP contribution in [0.15, 0.2) is 54.6 Å². The van der Waals surface area contributed by atoms with Crippen LogP contribution < -0.4 is 15.5 Å². The lowest BCUT2D eigenvalue weighted by Gasteiger charge is -2.37. The number of nitrogens with zero attached hydrogens (tertiary/aromatic N) is 2. The second-order valence-electron chi connectivity index (χ2n) is 6.67. The van der Waals surface area contributed by atoms with E-state index in [1.165, 1.54) is 5.69 Å². The Morgan fingerprint density at radius 2 is 1.67 bits per heavy atom. The van der Waals surface area contributed by atoms with Crippen LogP contribution in [0.25, 0.3) is 0 Å². The zero-order chi connectivity index (χ0) is 19.2. The first-order valence-electron chi connectivity index (χ1n) is 9.26. The fourth-order valence-corrected chi connectivity index (χ4v) is 3.30. The quantitative estimate of drug-likeness (QED) is 0.851. The molecule has 2 N–H and O–H groups in total. The number of para-hydroxylation sites is 1. The number of hydrogen-bond donors (Lipinski definition) is 2. The highest BCUT2D eigenvalue weighted by Gasteiger charge is 2.25. The molecule has 1 unspecified atom stereocenters. The molecule has 0 aromatic heterocycles. The molecular weight excluding hydrogens is 340 g/mol. The smallest absolute Gasteiger partial charge is 0.251 e. The molecule has 1 saturated heterocycles. The van der Waals surface area contributed by atoms with Gasteiger partial charge in [-0.25, -0.2) is 0 Å². The zero-order valence-corrected chi connectivity index (χ0v) is 15.8. The van der Waals surface area contributed by atoms with Crippen LogP contribution in [-0.2, 0) is 4.79 Å². The summed E-state index contributed by atoms with van der Waals surface area (Å²) in [6, 6.07) is 17.1. The first-order valence-corrected chi connectivity index (χ1v) is 9.26. The van der Waals surface area contributed by atoms with Crippen molar-refractivity contribution in [2.24, 2.45) is 0 Å². The number of benzene rings is 2. The van der Waals surface area contributed by atoms with Crippen LogP contribution in [-0.4, -0.2) is 56.0 Å². The first kappa shape index (κ1) is 18.8. The topological polar surface area (TPSA) is 64.7 Å². The maximum absolute atomic E-state index is 12.8.